The van der Waals surface area contributed by atoms with Crippen LogP contribution in [0.4, 0.5) is 17.1 Å². The molecular formula is C22H17N3O7. The maximum absolute atomic E-state index is 10.4. The molecule has 0 unspecified atom stereocenters. The first-order chi connectivity index (χ1) is 15.1. The molecular weight excluding hydrogens is 418 g/mol. The number of benzene rings is 4. The van der Waals surface area contributed by atoms with E-state index in [-0.39, 0.29) is 0 Å². The van der Waals surface area contributed by atoms with Gasteiger partial charge in [-0.25, -0.2) is 0 Å². The maximum atomic E-state index is 10.4. The Balaban J connectivity index is 0.000000181. The van der Waals surface area contributed by atoms with Crippen LogP contribution >= 0.6 is 0 Å². The van der Waals surface area contributed by atoms with Gasteiger partial charge in [-0.2, -0.15) is 0 Å². The molecule has 0 saturated heterocycles. The second kappa shape index (κ2) is 8.64. The van der Waals surface area contributed by atoms with Crippen LogP contribution in [0.1, 0.15) is 11.1 Å². The van der Waals surface area contributed by atoms with Crippen LogP contribution in [0.15, 0.2) is 60.7 Å². The van der Waals surface area contributed by atoms with E-state index in [0.717, 1.165) is 0 Å². The molecule has 0 fully saturated rings. The fraction of sp³-hybridized carbons (Fsp3) is 0.0909. The maximum Gasteiger partial charge on any atom is 0.324 e. The zero-order chi connectivity index (χ0) is 23.6. The Morgan fingerprint density at radius 2 is 1.06 bits per heavy atom. The largest absolute Gasteiger partial charge is 0.497 e. The first kappa shape index (κ1) is 22.1. The van der Waals surface area contributed by atoms with Crippen molar-refractivity contribution in [2.45, 2.75) is 13.8 Å². The van der Waals surface area contributed by atoms with Gasteiger partial charge in [-0.3, -0.25) is 30.3 Å². The third kappa shape index (κ3) is 4.15. The number of aromatic hydroxyl groups is 1. The molecule has 32 heavy (non-hydrogen) atoms. The van der Waals surface area contributed by atoms with Crippen molar-refractivity contribution >= 4 is 38.6 Å². The molecule has 0 bridgehead atoms. The molecule has 0 aliphatic heterocycles. The number of non-ortho nitro benzene ring substituents is 1. The molecule has 10 nitrogen and oxygen atoms in total. The fourth-order valence-electron chi connectivity index (χ4n) is 3.49. The number of nitro groups is 3. The molecule has 0 spiro atoms. The lowest BCUT2D eigenvalue weighted by atomic mass is 9.95. The molecule has 0 aliphatic carbocycles. The smallest absolute Gasteiger partial charge is 0.324 e. The first-order valence-corrected chi connectivity index (χ1v) is 9.29. The SMILES string of the molecule is Cc1cccc2ccc3cccc(C)c3c12.O=[N+]([O-])c1cc([N+](=O)[O-])c(O)c([N+](=O)[O-])c1. The molecule has 0 amide bonds. The average Bonchev–Trinajstić information content (AvgIpc) is 2.74. The van der Waals surface area contributed by atoms with Gasteiger partial charge in [-0.1, -0.05) is 48.5 Å². The van der Waals surface area contributed by atoms with Crippen molar-refractivity contribution < 1.29 is 19.9 Å². The van der Waals surface area contributed by atoms with Crippen LogP contribution in [0.25, 0.3) is 21.5 Å². The van der Waals surface area contributed by atoms with Gasteiger partial charge < -0.3 is 5.11 Å². The molecule has 0 heterocycles. The summed E-state index contributed by atoms with van der Waals surface area (Å²) in [5.41, 5.74) is -0.284. The molecule has 162 valence electrons. The summed E-state index contributed by atoms with van der Waals surface area (Å²) in [6.07, 6.45) is 0. The van der Waals surface area contributed by atoms with Crippen molar-refractivity contribution in [3.05, 3.63) is 102 Å². The summed E-state index contributed by atoms with van der Waals surface area (Å²) in [6, 6.07) is 18.3. The molecule has 1 N–H and O–H groups in total. The van der Waals surface area contributed by atoms with Gasteiger partial charge in [-0.05, 0) is 46.5 Å². The number of hydrogen-bond donors (Lipinski definition) is 1. The molecule has 0 radical (unpaired) electrons. The van der Waals surface area contributed by atoms with Crippen LogP contribution in [0.2, 0.25) is 0 Å². The van der Waals surface area contributed by atoms with E-state index in [4.69, 9.17) is 5.11 Å². The van der Waals surface area contributed by atoms with Crippen molar-refractivity contribution in [3.63, 3.8) is 0 Å². The number of rotatable bonds is 3. The van der Waals surface area contributed by atoms with Crippen LogP contribution in [0, 0.1) is 44.2 Å². The van der Waals surface area contributed by atoms with Crippen LogP contribution in [-0.2, 0) is 0 Å². The summed E-state index contributed by atoms with van der Waals surface area (Å²) in [5, 5.41) is 45.7. The van der Waals surface area contributed by atoms with E-state index >= 15 is 0 Å². The summed E-state index contributed by atoms with van der Waals surface area (Å²) in [7, 11) is 0. The van der Waals surface area contributed by atoms with Gasteiger partial charge in [0.25, 0.3) is 11.4 Å². The third-order valence-electron chi connectivity index (χ3n) is 4.96. The molecule has 0 aliphatic rings. The Kier molecular flexibility index (Phi) is 5.97. The van der Waals surface area contributed by atoms with Gasteiger partial charge in [0.1, 0.15) is 0 Å². The molecule has 0 atom stereocenters. The molecule has 4 aromatic rings. The van der Waals surface area contributed by atoms with Gasteiger partial charge in [0.2, 0.25) is 0 Å². The lowest BCUT2D eigenvalue weighted by Crippen LogP contribution is -1.97. The standard InChI is InChI=1S/C16H14.C6H3N3O7/c1-11-5-3-7-13-9-10-14-8-4-6-12(2)16(14)15(11)13;10-6-4(8(13)14)1-3(7(11)12)2-5(6)9(15)16/h3-10H,1-2H3;1-2,10H. The average molecular weight is 435 g/mol. The van der Waals surface area contributed by atoms with Crippen molar-refractivity contribution in [2.75, 3.05) is 0 Å². The van der Waals surface area contributed by atoms with E-state index in [1.165, 1.54) is 32.7 Å². The predicted octanol–water partition coefficient (Wildman–Crippen LogP) is 5.73. The molecule has 0 saturated carbocycles. The van der Waals surface area contributed by atoms with Gasteiger partial charge in [-0.15, -0.1) is 0 Å². The molecule has 4 rings (SSSR count). The molecule has 0 aromatic heterocycles. The molecule has 10 heteroatoms. The quantitative estimate of drug-likeness (QED) is 0.245. The van der Waals surface area contributed by atoms with Crippen LogP contribution in [0.3, 0.4) is 0 Å². The summed E-state index contributed by atoms with van der Waals surface area (Å²) in [4.78, 5) is 27.8. The topological polar surface area (TPSA) is 150 Å². The van der Waals surface area contributed by atoms with Gasteiger partial charge >= 0.3 is 11.4 Å². The number of hydrogen-bond acceptors (Lipinski definition) is 7. The van der Waals surface area contributed by atoms with Crippen LogP contribution in [-0.4, -0.2) is 19.9 Å². The summed E-state index contributed by atoms with van der Waals surface area (Å²) < 4.78 is 0. The Bertz CT molecular complexity index is 1300. The zero-order valence-electron chi connectivity index (χ0n) is 17.0. The number of phenols is 1. The predicted molar refractivity (Wildman–Crippen MR) is 119 cm³/mol. The Morgan fingerprint density at radius 3 is 1.41 bits per heavy atom. The number of nitro benzene ring substituents is 3. The van der Waals surface area contributed by atoms with Gasteiger partial charge in [0, 0.05) is 0 Å². The first-order valence-electron chi connectivity index (χ1n) is 9.29. The van der Waals surface area contributed by atoms with E-state index in [2.05, 4.69) is 62.4 Å². The van der Waals surface area contributed by atoms with E-state index in [1.807, 2.05) is 0 Å². The highest BCUT2D eigenvalue weighted by atomic mass is 16.6. The zero-order valence-corrected chi connectivity index (χ0v) is 17.0. The summed E-state index contributed by atoms with van der Waals surface area (Å²) in [5.74, 6) is -1.21. The second-order valence-electron chi connectivity index (χ2n) is 7.02. The monoisotopic (exact) mass is 435 g/mol. The highest BCUT2D eigenvalue weighted by molar-refractivity contribution is 6.10. The van der Waals surface area contributed by atoms with Gasteiger partial charge in [0.05, 0.1) is 26.9 Å². The Labute approximate surface area is 180 Å². The molecule has 4 aromatic carbocycles. The minimum absolute atomic E-state index is 0.447. The summed E-state index contributed by atoms with van der Waals surface area (Å²) in [6.45, 7) is 4.38. The number of aryl methyl sites for hydroxylation is 2. The minimum atomic E-state index is -1.21. The number of nitrogens with zero attached hydrogens (tertiary/aromatic N) is 3. The Hall–Kier alpha value is -4.60. The summed E-state index contributed by atoms with van der Waals surface area (Å²) >= 11 is 0. The van der Waals surface area contributed by atoms with E-state index in [9.17, 15) is 30.3 Å². The van der Waals surface area contributed by atoms with Gasteiger partial charge in [0.15, 0.2) is 0 Å². The fourth-order valence-corrected chi connectivity index (χ4v) is 3.49. The van der Waals surface area contributed by atoms with Crippen LogP contribution in [0.5, 0.6) is 5.75 Å². The highest BCUT2D eigenvalue weighted by Crippen LogP contribution is 2.39. The van der Waals surface area contributed by atoms with Crippen molar-refractivity contribution in [1.82, 2.24) is 0 Å². The van der Waals surface area contributed by atoms with E-state index < -0.39 is 37.6 Å². The second-order valence-corrected chi connectivity index (χ2v) is 7.02. The van der Waals surface area contributed by atoms with Crippen LogP contribution < -0.4 is 0 Å². The minimum Gasteiger partial charge on any atom is -0.497 e. The van der Waals surface area contributed by atoms with Crippen molar-refractivity contribution in [1.29, 1.82) is 0 Å². The van der Waals surface area contributed by atoms with Crippen molar-refractivity contribution in [3.8, 4) is 5.75 Å². The number of fused-ring (bicyclic) bond motifs is 3. The highest BCUT2D eigenvalue weighted by Gasteiger charge is 2.30. The third-order valence-corrected chi connectivity index (χ3v) is 4.96. The lowest BCUT2D eigenvalue weighted by Gasteiger charge is -2.09. The van der Waals surface area contributed by atoms with Crippen molar-refractivity contribution in [2.24, 2.45) is 0 Å². The number of phenolic OH excluding ortho intramolecular Hbond substituents is 1. The normalized spacial score (nSPS) is 10.4. The Morgan fingerprint density at radius 1 is 0.656 bits per heavy atom. The van der Waals surface area contributed by atoms with E-state index in [1.54, 1.807) is 0 Å². The van der Waals surface area contributed by atoms with E-state index in [0.29, 0.717) is 12.1 Å². The lowest BCUT2D eigenvalue weighted by molar-refractivity contribution is -0.404.